The van der Waals surface area contributed by atoms with Gasteiger partial charge in [-0.25, -0.2) is 18.4 Å². The summed E-state index contributed by atoms with van der Waals surface area (Å²) < 4.78 is 34.2. The molecule has 3 rings (SSSR count). The zero-order valence-corrected chi connectivity index (χ0v) is 15.9. The molecule has 8 heteroatoms. The van der Waals surface area contributed by atoms with Gasteiger partial charge in [-0.1, -0.05) is 29.8 Å². The highest BCUT2D eigenvalue weighted by atomic mass is 32.2. The van der Waals surface area contributed by atoms with Gasteiger partial charge in [0.2, 0.25) is 10.0 Å². The number of esters is 1. The SMILES string of the molecule is Cc1ccc(COC(=O)c2cc(S(N)(=O)=O)ccc2N2CCOCC2)cc1. The van der Waals surface area contributed by atoms with E-state index in [4.69, 9.17) is 14.6 Å². The van der Waals surface area contributed by atoms with Gasteiger partial charge in [-0.2, -0.15) is 0 Å². The van der Waals surface area contributed by atoms with Crippen LogP contribution in [0.3, 0.4) is 0 Å². The molecule has 2 aromatic rings. The van der Waals surface area contributed by atoms with E-state index in [2.05, 4.69) is 0 Å². The molecule has 1 saturated heterocycles. The maximum absolute atomic E-state index is 12.7. The van der Waals surface area contributed by atoms with Crippen molar-refractivity contribution in [3.63, 3.8) is 0 Å². The maximum atomic E-state index is 12.7. The summed E-state index contributed by atoms with van der Waals surface area (Å²) in [5.41, 5.74) is 2.75. The number of hydrogen-bond donors (Lipinski definition) is 1. The van der Waals surface area contributed by atoms with Crippen molar-refractivity contribution in [2.45, 2.75) is 18.4 Å². The third kappa shape index (κ3) is 4.85. The Hall–Kier alpha value is -2.42. The van der Waals surface area contributed by atoms with Gasteiger partial charge in [0, 0.05) is 13.1 Å². The topological polar surface area (TPSA) is 98.9 Å². The number of rotatable bonds is 5. The van der Waals surface area contributed by atoms with Gasteiger partial charge in [-0.3, -0.25) is 0 Å². The van der Waals surface area contributed by atoms with Gasteiger partial charge in [0.05, 0.1) is 29.4 Å². The van der Waals surface area contributed by atoms with Crippen LogP contribution in [0.25, 0.3) is 0 Å². The summed E-state index contributed by atoms with van der Waals surface area (Å²) in [6.45, 7) is 4.36. The van der Waals surface area contributed by atoms with E-state index in [1.54, 1.807) is 6.07 Å². The van der Waals surface area contributed by atoms with Crippen molar-refractivity contribution in [3.05, 3.63) is 59.2 Å². The number of carbonyl (C=O) groups is 1. The van der Waals surface area contributed by atoms with E-state index in [1.165, 1.54) is 12.1 Å². The number of sulfonamides is 1. The Kier molecular flexibility index (Phi) is 5.79. The molecule has 0 bridgehead atoms. The quantitative estimate of drug-likeness (QED) is 0.782. The number of anilines is 1. The minimum absolute atomic E-state index is 0.0985. The number of nitrogens with two attached hydrogens (primary N) is 1. The van der Waals surface area contributed by atoms with E-state index < -0.39 is 16.0 Å². The molecule has 7 nitrogen and oxygen atoms in total. The van der Waals surface area contributed by atoms with E-state index in [9.17, 15) is 13.2 Å². The maximum Gasteiger partial charge on any atom is 0.340 e. The highest BCUT2D eigenvalue weighted by Gasteiger charge is 2.22. The van der Waals surface area contributed by atoms with Gasteiger partial charge < -0.3 is 14.4 Å². The fourth-order valence-electron chi connectivity index (χ4n) is 2.85. The molecule has 0 unspecified atom stereocenters. The summed E-state index contributed by atoms with van der Waals surface area (Å²) in [4.78, 5) is 14.6. The third-order valence-corrected chi connectivity index (χ3v) is 5.27. The third-order valence-electron chi connectivity index (χ3n) is 4.36. The minimum atomic E-state index is -3.93. The number of aryl methyl sites for hydroxylation is 1. The number of carbonyl (C=O) groups excluding carboxylic acids is 1. The number of hydrogen-bond acceptors (Lipinski definition) is 6. The van der Waals surface area contributed by atoms with E-state index in [-0.39, 0.29) is 17.1 Å². The van der Waals surface area contributed by atoms with Crippen molar-refractivity contribution in [1.29, 1.82) is 0 Å². The van der Waals surface area contributed by atoms with Crippen molar-refractivity contribution >= 4 is 21.7 Å². The molecule has 2 aromatic carbocycles. The summed E-state index contributed by atoms with van der Waals surface area (Å²) >= 11 is 0. The highest BCUT2D eigenvalue weighted by molar-refractivity contribution is 7.89. The molecule has 0 atom stereocenters. The lowest BCUT2D eigenvalue weighted by Crippen LogP contribution is -2.37. The second-order valence-corrected chi connectivity index (χ2v) is 7.95. The Bertz CT molecular complexity index is 920. The molecule has 27 heavy (non-hydrogen) atoms. The van der Waals surface area contributed by atoms with E-state index in [0.717, 1.165) is 11.1 Å². The minimum Gasteiger partial charge on any atom is -0.457 e. The number of benzene rings is 2. The Morgan fingerprint density at radius 2 is 1.81 bits per heavy atom. The predicted octanol–water partition coefficient (Wildman–Crippen LogP) is 1.84. The lowest BCUT2D eigenvalue weighted by Gasteiger charge is -2.30. The first-order valence-corrected chi connectivity index (χ1v) is 10.1. The molecule has 1 fully saturated rings. The van der Waals surface area contributed by atoms with E-state index in [0.29, 0.717) is 32.0 Å². The Morgan fingerprint density at radius 3 is 2.44 bits per heavy atom. The van der Waals surface area contributed by atoms with Crippen LogP contribution < -0.4 is 10.0 Å². The average Bonchev–Trinajstić information content (AvgIpc) is 2.67. The van der Waals surface area contributed by atoms with Gasteiger partial charge in [0.1, 0.15) is 6.61 Å². The van der Waals surface area contributed by atoms with Crippen molar-refractivity contribution in [2.24, 2.45) is 5.14 Å². The van der Waals surface area contributed by atoms with Crippen molar-refractivity contribution in [3.8, 4) is 0 Å². The van der Waals surface area contributed by atoms with Gasteiger partial charge >= 0.3 is 5.97 Å². The standard InChI is InChI=1S/C19H22N2O5S/c1-14-2-4-15(5-3-14)13-26-19(22)17-12-16(27(20,23)24)6-7-18(17)21-8-10-25-11-9-21/h2-7,12H,8-11,13H2,1H3,(H2,20,23,24). The Morgan fingerprint density at radius 1 is 1.15 bits per heavy atom. The predicted molar refractivity (Wildman–Crippen MR) is 101 cm³/mol. The van der Waals surface area contributed by atoms with Crippen LogP contribution in [0.2, 0.25) is 0 Å². The van der Waals surface area contributed by atoms with E-state index >= 15 is 0 Å². The smallest absolute Gasteiger partial charge is 0.340 e. The van der Waals surface area contributed by atoms with Gasteiger partial charge in [-0.15, -0.1) is 0 Å². The fraction of sp³-hybridized carbons (Fsp3) is 0.316. The molecule has 0 spiro atoms. The van der Waals surface area contributed by atoms with Crippen molar-refractivity contribution in [1.82, 2.24) is 0 Å². The molecule has 144 valence electrons. The first-order chi connectivity index (χ1) is 12.8. The molecule has 0 aliphatic carbocycles. The summed E-state index contributed by atoms with van der Waals surface area (Å²) in [6.07, 6.45) is 0. The van der Waals surface area contributed by atoms with Crippen LogP contribution in [0, 0.1) is 6.92 Å². The molecule has 1 heterocycles. The lowest BCUT2D eigenvalue weighted by molar-refractivity contribution is 0.0472. The molecule has 0 amide bonds. The van der Waals surface area contributed by atoms with Crippen LogP contribution in [0.1, 0.15) is 21.5 Å². The summed E-state index contributed by atoms with van der Waals surface area (Å²) in [5.74, 6) is -0.595. The first-order valence-electron chi connectivity index (χ1n) is 8.57. The van der Waals surface area contributed by atoms with Crippen LogP contribution in [0.5, 0.6) is 0 Å². The Labute approximate surface area is 158 Å². The first kappa shape index (κ1) is 19.3. The van der Waals surface area contributed by atoms with E-state index in [1.807, 2.05) is 36.1 Å². The molecule has 0 saturated carbocycles. The molecule has 1 aliphatic rings. The zero-order chi connectivity index (χ0) is 19.4. The number of morpholine rings is 1. The van der Waals surface area contributed by atoms with Gasteiger partial charge in [0.15, 0.2) is 0 Å². The number of ether oxygens (including phenoxy) is 2. The Balaban J connectivity index is 1.87. The highest BCUT2D eigenvalue weighted by Crippen LogP contribution is 2.26. The normalized spacial score (nSPS) is 14.8. The largest absolute Gasteiger partial charge is 0.457 e. The van der Waals surface area contributed by atoms with Crippen LogP contribution in [-0.2, 0) is 26.1 Å². The number of nitrogens with zero attached hydrogens (tertiary/aromatic N) is 1. The summed E-state index contributed by atoms with van der Waals surface area (Å²) in [5, 5.41) is 5.22. The lowest BCUT2D eigenvalue weighted by atomic mass is 10.1. The monoisotopic (exact) mass is 390 g/mol. The van der Waals surface area contributed by atoms with Crippen LogP contribution in [0.15, 0.2) is 47.4 Å². The summed E-state index contributed by atoms with van der Waals surface area (Å²) in [7, 11) is -3.93. The second-order valence-electron chi connectivity index (χ2n) is 6.39. The zero-order valence-electron chi connectivity index (χ0n) is 15.1. The number of primary sulfonamides is 1. The van der Waals surface area contributed by atoms with Gasteiger partial charge in [-0.05, 0) is 30.7 Å². The molecule has 0 aromatic heterocycles. The van der Waals surface area contributed by atoms with Crippen LogP contribution in [0.4, 0.5) is 5.69 Å². The molecular formula is C19H22N2O5S. The molecule has 1 aliphatic heterocycles. The molecular weight excluding hydrogens is 368 g/mol. The van der Waals surface area contributed by atoms with Crippen LogP contribution >= 0.6 is 0 Å². The van der Waals surface area contributed by atoms with Crippen molar-refractivity contribution in [2.75, 3.05) is 31.2 Å². The average molecular weight is 390 g/mol. The van der Waals surface area contributed by atoms with Gasteiger partial charge in [0.25, 0.3) is 0 Å². The molecule has 0 radical (unpaired) electrons. The van der Waals surface area contributed by atoms with Crippen LogP contribution in [-0.4, -0.2) is 40.7 Å². The second kappa shape index (κ2) is 8.08. The molecule has 2 N–H and O–H groups in total. The van der Waals surface area contributed by atoms with Crippen molar-refractivity contribution < 1.29 is 22.7 Å². The summed E-state index contributed by atoms with van der Waals surface area (Å²) in [6, 6.07) is 11.9. The fourth-order valence-corrected chi connectivity index (χ4v) is 3.39.